The van der Waals surface area contributed by atoms with Crippen LogP contribution in [-0.2, 0) is 0 Å². The molecule has 1 unspecified atom stereocenters. The summed E-state index contributed by atoms with van der Waals surface area (Å²) in [6.07, 6.45) is 13.3. The van der Waals surface area contributed by atoms with Crippen LogP contribution in [-0.4, -0.2) is 0 Å². The van der Waals surface area contributed by atoms with E-state index in [1.807, 2.05) is 0 Å². The lowest BCUT2D eigenvalue weighted by molar-refractivity contribution is 0.457. The van der Waals surface area contributed by atoms with Crippen molar-refractivity contribution < 1.29 is 0 Å². The maximum absolute atomic E-state index is 3.89. The first kappa shape index (κ1) is 16.6. The summed E-state index contributed by atoms with van der Waals surface area (Å²) >= 11 is 0. The Morgan fingerprint density at radius 2 is 1.59 bits per heavy atom. The van der Waals surface area contributed by atoms with Crippen LogP contribution in [0.25, 0.3) is 0 Å². The fraction of sp³-hybridized carbons (Fsp3) is 0.765. The zero-order valence-electron chi connectivity index (χ0n) is 11.8. The maximum Gasteiger partial charge on any atom is 0.0117 e. The van der Waals surface area contributed by atoms with Gasteiger partial charge < -0.3 is 0 Å². The van der Waals surface area contributed by atoms with Gasteiger partial charge >= 0.3 is 0 Å². The van der Waals surface area contributed by atoms with Crippen molar-refractivity contribution in [2.45, 2.75) is 77.6 Å². The van der Waals surface area contributed by atoms with E-state index in [9.17, 15) is 0 Å². The van der Waals surface area contributed by atoms with E-state index in [1.165, 1.54) is 44.9 Å². The first-order chi connectivity index (χ1) is 8.35. The molecular weight excluding hydrogens is 204 g/mol. The molecule has 0 N–H and O–H groups in total. The summed E-state index contributed by atoms with van der Waals surface area (Å²) in [5, 5.41) is 0. The summed E-state index contributed by atoms with van der Waals surface area (Å²) in [5.41, 5.74) is 0. The molecule has 1 atom stereocenters. The van der Waals surface area contributed by atoms with Crippen LogP contribution < -0.4 is 0 Å². The first-order valence-electron chi connectivity index (χ1n) is 7.39. The average Bonchev–Trinajstić information content (AvgIpc) is 2.35. The molecule has 0 rings (SSSR count). The Morgan fingerprint density at radius 1 is 0.882 bits per heavy atom. The van der Waals surface area contributed by atoms with Gasteiger partial charge in [0.2, 0.25) is 0 Å². The molecule has 0 spiro atoms. The van der Waals surface area contributed by atoms with Crippen molar-refractivity contribution in [2.75, 3.05) is 0 Å². The van der Waals surface area contributed by atoms with Gasteiger partial charge in [-0.05, 0) is 18.8 Å². The second kappa shape index (κ2) is 13.6. The van der Waals surface area contributed by atoms with E-state index in [0.29, 0.717) is 0 Å². The van der Waals surface area contributed by atoms with Gasteiger partial charge in [-0.15, -0.1) is 11.8 Å². The lowest BCUT2D eigenvalue weighted by Crippen LogP contribution is -1.97. The van der Waals surface area contributed by atoms with Gasteiger partial charge in [0, 0.05) is 12.8 Å². The van der Waals surface area contributed by atoms with Crippen LogP contribution in [0.1, 0.15) is 77.6 Å². The van der Waals surface area contributed by atoms with Crippen molar-refractivity contribution in [1.29, 1.82) is 0 Å². The fourth-order valence-electron chi connectivity index (χ4n) is 1.93. The summed E-state index contributed by atoms with van der Waals surface area (Å²) in [5.74, 6) is 7.49. The third-order valence-electron chi connectivity index (χ3n) is 3.26. The van der Waals surface area contributed by atoms with Gasteiger partial charge in [0.05, 0.1) is 0 Å². The van der Waals surface area contributed by atoms with Crippen LogP contribution in [0.2, 0.25) is 0 Å². The lowest BCUT2D eigenvalue weighted by atomic mass is 9.95. The van der Waals surface area contributed by atoms with Crippen LogP contribution in [0.15, 0.2) is 0 Å². The highest BCUT2D eigenvalue weighted by Crippen LogP contribution is 2.16. The summed E-state index contributed by atoms with van der Waals surface area (Å²) in [6, 6.07) is 0. The van der Waals surface area contributed by atoms with Gasteiger partial charge in [-0.1, -0.05) is 65.7 Å². The number of rotatable bonds is 10. The molecule has 0 amide bonds. The Kier molecular flexibility index (Phi) is 13.3. The largest absolute Gasteiger partial charge is 0.103 e. The van der Waals surface area contributed by atoms with Crippen molar-refractivity contribution >= 4 is 0 Å². The number of unbranched alkanes of at least 4 members (excludes halogenated alkanes) is 6. The average molecular weight is 234 g/mol. The molecule has 0 bridgehead atoms. The fourth-order valence-corrected chi connectivity index (χ4v) is 1.93. The molecule has 0 fully saturated rings. The highest BCUT2D eigenvalue weighted by atomic mass is 14.1. The molecule has 0 heterocycles. The predicted octanol–water partition coefficient (Wildman–Crippen LogP) is 5.59. The van der Waals surface area contributed by atoms with Crippen LogP contribution in [0.5, 0.6) is 0 Å². The van der Waals surface area contributed by atoms with Gasteiger partial charge in [0.15, 0.2) is 0 Å². The van der Waals surface area contributed by atoms with E-state index in [2.05, 4.69) is 32.6 Å². The highest BCUT2D eigenvalue weighted by Gasteiger charge is 2.03. The highest BCUT2D eigenvalue weighted by molar-refractivity contribution is 4.99. The first-order valence-corrected chi connectivity index (χ1v) is 7.39. The Bertz CT molecular complexity index is 194. The minimum Gasteiger partial charge on any atom is -0.103 e. The van der Waals surface area contributed by atoms with E-state index >= 15 is 0 Å². The Hall–Kier alpha value is -0.440. The second-order valence-electron chi connectivity index (χ2n) is 4.85. The molecule has 98 valence electrons. The summed E-state index contributed by atoms with van der Waals surface area (Å²) < 4.78 is 0. The number of hydrogen-bond acceptors (Lipinski definition) is 0. The van der Waals surface area contributed by atoms with Gasteiger partial charge in [0.1, 0.15) is 0 Å². The monoisotopic (exact) mass is 234 g/mol. The molecule has 0 heteroatoms. The standard InChI is InChI=1S/C17H30/c1-4-7-9-10-11-12-14-16-17(6-3)15-13-8-5-2/h17H,1-2,4-11,13,15-16H2,3H3. The Balaban J connectivity index is 3.49. The van der Waals surface area contributed by atoms with E-state index in [0.717, 1.165) is 31.6 Å². The third-order valence-corrected chi connectivity index (χ3v) is 3.26. The molecule has 0 saturated heterocycles. The summed E-state index contributed by atoms with van der Waals surface area (Å²) in [7, 11) is 0. The van der Waals surface area contributed by atoms with Crippen LogP contribution in [0.4, 0.5) is 0 Å². The smallest absolute Gasteiger partial charge is 0.0117 e. The van der Waals surface area contributed by atoms with Crippen molar-refractivity contribution in [3.63, 3.8) is 0 Å². The molecular formula is C17H30. The molecule has 0 saturated carbocycles. The van der Waals surface area contributed by atoms with Crippen LogP contribution in [0.3, 0.4) is 0 Å². The van der Waals surface area contributed by atoms with Crippen LogP contribution >= 0.6 is 0 Å². The van der Waals surface area contributed by atoms with Gasteiger partial charge in [-0.2, -0.15) is 0 Å². The molecule has 0 aromatic heterocycles. The topological polar surface area (TPSA) is 0 Å². The van der Waals surface area contributed by atoms with E-state index in [1.54, 1.807) is 0 Å². The summed E-state index contributed by atoms with van der Waals surface area (Å²) in [4.78, 5) is 0. The Labute approximate surface area is 110 Å². The summed E-state index contributed by atoms with van der Waals surface area (Å²) in [6.45, 7) is 10.0. The minimum atomic E-state index is 0.814. The predicted molar refractivity (Wildman–Crippen MR) is 78.4 cm³/mol. The quantitative estimate of drug-likeness (QED) is 0.341. The zero-order valence-corrected chi connectivity index (χ0v) is 11.8. The molecule has 0 aromatic carbocycles. The SMILES string of the molecule is [CH2]CCCCCC#CCC(CC)CCCC[CH2]. The maximum atomic E-state index is 3.89. The normalized spacial score (nSPS) is 11.9. The molecule has 0 aliphatic heterocycles. The third kappa shape index (κ3) is 11.8. The van der Waals surface area contributed by atoms with Gasteiger partial charge in [0.25, 0.3) is 0 Å². The Morgan fingerprint density at radius 3 is 2.24 bits per heavy atom. The molecule has 0 aliphatic carbocycles. The van der Waals surface area contributed by atoms with E-state index in [-0.39, 0.29) is 0 Å². The number of hydrogen-bond donors (Lipinski definition) is 0. The van der Waals surface area contributed by atoms with Crippen molar-refractivity contribution in [3.8, 4) is 11.8 Å². The second-order valence-corrected chi connectivity index (χ2v) is 4.85. The van der Waals surface area contributed by atoms with Gasteiger partial charge in [-0.25, -0.2) is 0 Å². The molecule has 17 heavy (non-hydrogen) atoms. The minimum absolute atomic E-state index is 0.814. The molecule has 0 nitrogen and oxygen atoms in total. The van der Waals surface area contributed by atoms with Crippen molar-refractivity contribution in [3.05, 3.63) is 13.8 Å². The van der Waals surface area contributed by atoms with E-state index < -0.39 is 0 Å². The lowest BCUT2D eigenvalue weighted by Gasteiger charge is -2.10. The van der Waals surface area contributed by atoms with Crippen LogP contribution in [0, 0.1) is 31.6 Å². The van der Waals surface area contributed by atoms with E-state index in [4.69, 9.17) is 0 Å². The molecule has 0 aromatic rings. The van der Waals surface area contributed by atoms with Crippen molar-refractivity contribution in [1.82, 2.24) is 0 Å². The zero-order chi connectivity index (χ0) is 12.8. The van der Waals surface area contributed by atoms with Gasteiger partial charge in [-0.3, -0.25) is 0 Å². The molecule has 0 aliphatic rings. The molecule has 2 radical (unpaired) electrons. The van der Waals surface area contributed by atoms with Crippen molar-refractivity contribution in [2.24, 2.45) is 5.92 Å².